The Hall–Kier alpha value is -5.94. The summed E-state index contributed by atoms with van der Waals surface area (Å²) in [5.41, 5.74) is 10.9. The zero-order valence-electron chi connectivity index (χ0n) is 73.6. The smallest absolute Gasteiger partial charge is 0.165 e. The van der Waals surface area contributed by atoms with E-state index in [9.17, 15) is 39.9 Å². The maximum atomic E-state index is 12.0. The summed E-state index contributed by atoms with van der Waals surface area (Å²) >= 11 is 0. The molecule has 26 heteroatoms. The van der Waals surface area contributed by atoms with Crippen molar-refractivity contribution < 1.29 is 139 Å². The second-order valence-electron chi connectivity index (χ2n) is 40.0. The summed E-state index contributed by atoms with van der Waals surface area (Å²) in [7, 11) is 11.1. The van der Waals surface area contributed by atoms with Crippen LogP contribution in [0.5, 0.6) is 40.2 Å². The molecule has 23 nitrogen and oxygen atoms in total. The Morgan fingerprint density at radius 3 is 1.22 bits per heavy atom. The van der Waals surface area contributed by atoms with Gasteiger partial charge in [-0.3, -0.25) is 14.4 Å². The minimum atomic E-state index is -0.815. The molecule has 5 aromatic carbocycles. The number of aliphatic hydroxyl groups is 3. The van der Waals surface area contributed by atoms with Gasteiger partial charge in [-0.2, -0.15) is 0 Å². The fraction of sp³-hybridized carbons (Fsp3) is 0.663. The number of rotatable bonds is 13. The summed E-state index contributed by atoms with van der Waals surface area (Å²) in [6.07, 6.45) is 21.3. The fourth-order valence-electron chi connectivity index (χ4n) is 31.3. The molecule has 674 valence electrons. The van der Waals surface area contributed by atoms with Crippen LogP contribution in [0.2, 0.25) is 0 Å². The minimum absolute atomic E-state index is 0. The number of quaternary nitrogens is 3. The van der Waals surface area contributed by atoms with Crippen molar-refractivity contribution in [3.8, 4) is 40.2 Å². The number of phenolic OH excluding ortho intramolecular Hbond substituents is 2. The van der Waals surface area contributed by atoms with E-state index < -0.39 is 33.0 Å². The maximum Gasteiger partial charge on any atom is 0.165 e. The largest absolute Gasteiger partial charge is 1.00 e. The molecule has 20 aliphatic rings. The van der Waals surface area contributed by atoms with Crippen LogP contribution in [0.25, 0.3) is 0 Å². The van der Waals surface area contributed by atoms with Crippen molar-refractivity contribution in [2.24, 2.45) is 11.8 Å². The molecule has 28 atom stereocenters. The highest BCUT2D eigenvalue weighted by Gasteiger charge is 2.79. The number of aromatic hydroxyl groups is 2. The Bertz CT molecular complexity index is 4750. The number of nitrogens with zero attached hydrogens (tertiary/aromatic N) is 2. The summed E-state index contributed by atoms with van der Waals surface area (Å²) in [6.45, 7) is 18.7. The first-order chi connectivity index (χ1) is 58.5. The van der Waals surface area contributed by atoms with Gasteiger partial charge in [-0.25, -0.2) is 0 Å². The Kier molecular flexibility index (Phi) is 23.1. The predicted octanol–water partition coefficient (Wildman–Crippen LogP) is -3.24. The van der Waals surface area contributed by atoms with E-state index in [1.165, 1.54) is 68.1 Å². The van der Waals surface area contributed by atoms with Crippen molar-refractivity contribution in [1.29, 1.82) is 0 Å². The number of nitrogens with one attached hydrogen (secondary N) is 3. The van der Waals surface area contributed by atoms with E-state index in [-0.39, 0.29) is 139 Å². The molecule has 10 aliphatic heterocycles. The Labute approximate surface area is 747 Å². The third-order valence-corrected chi connectivity index (χ3v) is 36.0. The number of piperidine rings is 5. The number of likely N-dealkylation sites (N-methyl/N-ethyl adjacent to an activating group) is 5. The topological polar surface area (TPSA) is 264 Å². The molecule has 5 saturated carbocycles. The number of hydrogen-bond acceptors (Lipinski definition) is 20. The minimum Gasteiger partial charge on any atom is -1.00 e. The number of hydrogen-bond donors (Lipinski definition) is 8. The Morgan fingerprint density at radius 1 is 0.387 bits per heavy atom. The van der Waals surface area contributed by atoms with E-state index in [1.807, 2.05) is 51.1 Å². The second-order valence-corrected chi connectivity index (χ2v) is 40.0. The highest BCUT2D eigenvalue weighted by molar-refractivity contribution is 5.84. The van der Waals surface area contributed by atoms with Crippen LogP contribution in [0.3, 0.4) is 0 Å². The molecule has 0 aromatic heterocycles. The summed E-state index contributed by atoms with van der Waals surface area (Å²) in [5, 5.41) is 56.6. The van der Waals surface area contributed by atoms with E-state index in [4.69, 9.17) is 47.4 Å². The molecule has 10 bridgehead atoms. The molecule has 5 aromatic rings. The maximum absolute atomic E-state index is 12.0. The van der Waals surface area contributed by atoms with Crippen LogP contribution in [0.4, 0.5) is 0 Å². The van der Waals surface area contributed by atoms with Crippen molar-refractivity contribution in [3.05, 3.63) is 133 Å². The number of phenols is 2. The van der Waals surface area contributed by atoms with Gasteiger partial charge in [-0.1, -0.05) is 30.3 Å². The molecule has 5 spiro atoms. The van der Waals surface area contributed by atoms with Gasteiger partial charge in [0.1, 0.15) is 71.1 Å². The predicted molar refractivity (Wildman–Crippen MR) is 448 cm³/mol. The SMILES string of the molecule is CCO[C@H]1CCC2C3Cc4ccc(C=O)c5c4[C@@]2(CCN3C)C1O5.CCO[C@H]1CCC2C3Cc4ccc(C=O)c5c4[C@@]2(CC[NH+]3C)C1O5.CCO[C@H]1CC[C@@]2(O)C3Cc4ccc(C=O)c5c4[C@@]2(CC[NH+]3C)C1O5.CCO[C@H]1CC[C@@]2(O)C3Cc4ccc(O)c5c4[C@@]2(CCN3C)C1O5.CCO[C@H]1CC[C@@]2(O)C3Cc4ccc(O)c5c4[C@@]2(CC[NH+]3C)C1O5.[Cl-].[Cl-].[Cl-]. The van der Waals surface area contributed by atoms with Crippen LogP contribution < -0.4 is 75.6 Å². The monoisotopic (exact) mass is 1770 g/mol. The molecule has 0 amide bonds. The number of carbonyl (C=O) groups is 3. The number of halogens is 3. The van der Waals surface area contributed by atoms with Gasteiger partial charge in [-0.15, -0.1) is 0 Å². The number of benzene rings is 5. The number of carbonyl (C=O) groups excluding carboxylic acids is 3. The second kappa shape index (κ2) is 32.3. The first-order valence-electron chi connectivity index (χ1n) is 46.5. The van der Waals surface area contributed by atoms with Crippen LogP contribution in [0.15, 0.2) is 60.7 Å². The van der Waals surface area contributed by atoms with Gasteiger partial charge in [0.05, 0.1) is 121 Å². The fourth-order valence-corrected chi connectivity index (χ4v) is 31.3. The van der Waals surface area contributed by atoms with Gasteiger partial charge in [0.2, 0.25) is 0 Å². The third kappa shape index (κ3) is 11.7. The van der Waals surface area contributed by atoms with Crippen molar-refractivity contribution in [3.63, 3.8) is 0 Å². The third-order valence-electron chi connectivity index (χ3n) is 36.0. The molecule has 10 fully saturated rings. The van der Waals surface area contributed by atoms with Gasteiger partial charge >= 0.3 is 0 Å². The average molecular weight is 1770 g/mol. The lowest BCUT2D eigenvalue weighted by Crippen LogP contribution is -3.19. The van der Waals surface area contributed by atoms with Crippen LogP contribution in [-0.2, 0) is 82.9 Å². The standard InChI is InChI=1S/C20H25NO4.2C20H25NO3.2C19H25NO4.3ClH/c1-3-24-14-6-7-20(23)15-10-12-4-5-13(11-22)17-16(12)19(20,18(14)25-17)8-9-21(15)2;2*1-3-23-16-7-6-14-15-10-12-4-5-13(11-22)18-17(12)20(14,19(16)24-18)8-9-21(15)2;2*1-3-23-13-6-7-19(22)14-10-11-4-5-12(21)16-15(11)18(19,17(13)24-16)8-9-20(14)2;;;/h4-5,11,14-15,18,23H,3,6-10H2,1-2H3;2*4-5,11,14-16,19H,3,6-10H2,1-2H3;2*4-5,13-14,17,21-22H,3,6-10H2,1-2H3;3*1H/t14-,15?,18?,19-,20+;2*14?,15?,16-,19?,20-;2*13-,14?,17?,18-,19+;;;/m00000.../s1. The van der Waals surface area contributed by atoms with Crippen LogP contribution >= 0.6 is 0 Å². The van der Waals surface area contributed by atoms with Gasteiger partial charge in [0, 0.05) is 123 Å². The molecule has 8 N–H and O–H groups in total. The summed E-state index contributed by atoms with van der Waals surface area (Å²) in [4.78, 5) is 44.1. The number of ether oxygens (including phenoxy) is 10. The molecule has 0 radical (unpaired) electrons. The first kappa shape index (κ1) is 88.7. The molecule has 5 saturated heterocycles. The van der Waals surface area contributed by atoms with Crippen molar-refractivity contribution in [2.75, 3.05) is 101 Å². The number of aldehydes is 3. The first-order valence-corrected chi connectivity index (χ1v) is 46.5. The highest BCUT2D eigenvalue weighted by atomic mass is 35.5. The van der Waals surface area contributed by atoms with Crippen LogP contribution in [0, 0.1) is 11.8 Å². The van der Waals surface area contributed by atoms with Gasteiger partial charge < -0.3 is 135 Å². The highest BCUT2D eigenvalue weighted by Crippen LogP contribution is 2.70. The number of likely N-dealkylation sites (tertiary alicyclic amines) is 5. The van der Waals surface area contributed by atoms with E-state index >= 15 is 0 Å². The van der Waals surface area contributed by atoms with Crippen LogP contribution in [0.1, 0.15) is 218 Å². The zero-order valence-corrected chi connectivity index (χ0v) is 75.9. The van der Waals surface area contributed by atoms with Gasteiger partial charge in [-0.05, 0) is 216 Å². The summed E-state index contributed by atoms with van der Waals surface area (Å²) < 4.78 is 62.4. The summed E-state index contributed by atoms with van der Waals surface area (Å²) in [5.74, 6) is 5.30. The van der Waals surface area contributed by atoms with Crippen molar-refractivity contribution >= 4 is 18.9 Å². The Balaban J connectivity index is 0.000000105. The molecule has 124 heavy (non-hydrogen) atoms. The lowest BCUT2D eigenvalue weighted by atomic mass is 9.48. The molecule has 10 aliphatic carbocycles. The Morgan fingerprint density at radius 2 is 0.750 bits per heavy atom. The molecule has 10 heterocycles. The molecular weight excluding hydrogens is 1640 g/mol. The lowest BCUT2D eigenvalue weighted by Gasteiger charge is -2.63. The molecular formula is C98H128Cl3N5O18. The van der Waals surface area contributed by atoms with Crippen molar-refractivity contribution in [1.82, 2.24) is 9.80 Å². The van der Waals surface area contributed by atoms with Crippen LogP contribution in [-0.4, -0.2) is 263 Å². The van der Waals surface area contributed by atoms with Gasteiger partial charge in [0.15, 0.2) is 41.9 Å². The summed E-state index contributed by atoms with van der Waals surface area (Å²) in [6, 6.07) is 21.4. The van der Waals surface area contributed by atoms with Crippen molar-refractivity contribution in [2.45, 2.75) is 298 Å². The normalized spacial score (nSPS) is 41.3. The quantitative estimate of drug-likeness (QED) is 0.0539. The van der Waals surface area contributed by atoms with E-state index in [0.29, 0.717) is 72.1 Å². The molecule has 15 unspecified atom stereocenters. The van der Waals surface area contributed by atoms with E-state index in [0.717, 1.165) is 208 Å². The van der Waals surface area contributed by atoms with Gasteiger partial charge in [0.25, 0.3) is 0 Å². The van der Waals surface area contributed by atoms with E-state index in [1.54, 1.807) is 17.0 Å². The lowest BCUT2D eigenvalue weighted by molar-refractivity contribution is -0.924. The zero-order chi connectivity index (χ0) is 83.7. The average Bonchev–Trinajstić information content (AvgIpc) is 1.46. The van der Waals surface area contributed by atoms with E-state index in [2.05, 4.69) is 77.1 Å². The molecule has 25 rings (SSSR count).